The van der Waals surface area contributed by atoms with E-state index in [2.05, 4.69) is 87.0 Å². The number of nitrogens with zero attached hydrogens (tertiary/aromatic N) is 2. The lowest BCUT2D eigenvalue weighted by Gasteiger charge is -2.34. The lowest BCUT2D eigenvalue weighted by atomic mass is 9.75. The average molecular weight is 1020 g/mol. The van der Waals surface area contributed by atoms with Crippen LogP contribution in [0.15, 0.2) is 57.5 Å². The molecule has 1 heterocycles. The van der Waals surface area contributed by atoms with Gasteiger partial charge in [-0.15, -0.1) is 0 Å². The van der Waals surface area contributed by atoms with Gasteiger partial charge in [-0.05, 0) is 142 Å². The van der Waals surface area contributed by atoms with Crippen LogP contribution >= 0.6 is 11.8 Å². The first kappa shape index (κ1) is 57.6. The summed E-state index contributed by atoms with van der Waals surface area (Å²) in [6.45, 7) is 19.4. The molecule has 1 unspecified atom stereocenters. The van der Waals surface area contributed by atoms with Crippen molar-refractivity contribution in [2.75, 3.05) is 23.6 Å². The zero-order valence-corrected chi connectivity index (χ0v) is 47.3. The molecule has 4 N–H and O–H groups in total. The fraction of sp³-hybridized carbons (Fsp3) is 0.667. The maximum absolute atomic E-state index is 15.2. The number of thioether (sulfide) groups is 1. The third-order valence-corrected chi connectivity index (χ3v) is 17.3. The highest BCUT2D eigenvalue weighted by Crippen LogP contribution is 2.52. The van der Waals surface area contributed by atoms with E-state index in [-0.39, 0.29) is 53.0 Å². The summed E-state index contributed by atoms with van der Waals surface area (Å²) in [4.78, 5) is 75.6. The second-order valence-electron chi connectivity index (χ2n) is 23.0. The van der Waals surface area contributed by atoms with E-state index in [4.69, 9.17) is 9.73 Å². The molecule has 0 aromatic heterocycles. The summed E-state index contributed by atoms with van der Waals surface area (Å²) in [7, 11) is 1.58. The predicted molar refractivity (Wildman–Crippen MR) is 301 cm³/mol. The van der Waals surface area contributed by atoms with Gasteiger partial charge in [0, 0.05) is 82.9 Å². The maximum Gasteiger partial charge on any atom is 0.224 e. The van der Waals surface area contributed by atoms with Gasteiger partial charge < -0.3 is 30.9 Å². The molecule has 402 valence electrons. The van der Waals surface area contributed by atoms with Crippen molar-refractivity contribution in [1.82, 2.24) is 16.0 Å². The Bertz CT molecular complexity index is 2340. The van der Waals surface area contributed by atoms with Crippen molar-refractivity contribution in [2.24, 2.45) is 4.99 Å². The number of amides is 4. The fourth-order valence-electron chi connectivity index (χ4n) is 11.5. The Kier molecular flexibility index (Phi) is 20.7. The summed E-state index contributed by atoms with van der Waals surface area (Å²) >= 11 is 1.69. The van der Waals surface area contributed by atoms with Crippen molar-refractivity contribution in [1.29, 1.82) is 0 Å². The van der Waals surface area contributed by atoms with Gasteiger partial charge in [0.25, 0.3) is 0 Å². The Labute approximate surface area is 442 Å². The van der Waals surface area contributed by atoms with E-state index < -0.39 is 4.75 Å². The lowest BCUT2D eigenvalue weighted by Crippen LogP contribution is -2.42. The molecule has 1 aliphatic heterocycles. The van der Waals surface area contributed by atoms with Crippen molar-refractivity contribution < 1.29 is 28.7 Å². The Hall–Kier alpha value is -4.65. The molecule has 6 rings (SSSR count). The third-order valence-electron chi connectivity index (χ3n) is 16.1. The SMILES string of the molecule is COC1=C(c2cc3c(cc2NC(=O)CCCCCCC(=O)NC2CCCCC2)N(C(C)C)C(C)C3(C)C)C(=O)/C1=C1\C=C(C(C)(C)SC)C(=NC(C)C)C=C1NC(=O)CCCCCCC(=O)NC1CCCCC1. The monoisotopic (exact) mass is 1020 g/mol. The largest absolute Gasteiger partial charge is 0.495 e. The van der Waals surface area contributed by atoms with E-state index >= 15 is 4.79 Å². The molecule has 0 bridgehead atoms. The Morgan fingerprint density at radius 3 is 1.73 bits per heavy atom. The number of carbonyl (C=O) groups is 5. The zero-order chi connectivity index (χ0) is 53.0. The molecule has 0 spiro atoms. The number of rotatable bonds is 24. The molecule has 2 saturated carbocycles. The van der Waals surface area contributed by atoms with Gasteiger partial charge in [0.15, 0.2) is 0 Å². The fourth-order valence-corrected chi connectivity index (χ4v) is 11.8. The molecule has 5 aliphatic rings. The summed E-state index contributed by atoms with van der Waals surface area (Å²) in [5.74, 6) is 0.144. The van der Waals surface area contributed by atoms with Gasteiger partial charge >= 0.3 is 0 Å². The number of unbranched alkanes of at least 4 members (excludes halogenated alkanes) is 6. The minimum atomic E-state index is -0.392. The van der Waals surface area contributed by atoms with Crippen LogP contribution in [0.3, 0.4) is 0 Å². The van der Waals surface area contributed by atoms with E-state index in [9.17, 15) is 19.2 Å². The van der Waals surface area contributed by atoms with Crippen LogP contribution in [-0.4, -0.2) is 83.4 Å². The molecule has 12 nitrogen and oxygen atoms in total. The number of hydrogen-bond donors (Lipinski definition) is 4. The number of allylic oxidation sites excluding steroid dienone is 4. The van der Waals surface area contributed by atoms with Crippen LogP contribution in [0, 0.1) is 0 Å². The molecule has 2 fully saturated rings. The second-order valence-corrected chi connectivity index (χ2v) is 24.4. The number of Topliss-reactive ketones (excluding diaryl/α,β-unsaturated/α-hetero) is 1. The van der Waals surface area contributed by atoms with Gasteiger partial charge in [-0.25, -0.2) is 0 Å². The number of aliphatic imine (C=N–C) groups is 1. The number of benzene rings is 1. The maximum atomic E-state index is 15.2. The van der Waals surface area contributed by atoms with Crippen LogP contribution in [0.1, 0.15) is 215 Å². The van der Waals surface area contributed by atoms with Crippen LogP contribution in [0.5, 0.6) is 0 Å². The number of anilines is 2. The summed E-state index contributed by atoms with van der Waals surface area (Å²) in [6, 6.07) is 5.08. The standard InChI is InChI=1S/C60H90N6O6S/c1-38(2)61-49-36-47(64-53(69)32-24-14-12-22-30-51(67)62-41-26-18-16-19-27-41)43(34-45(49)60(8,9)73-11)55-57(71)56(58(55)72-10)44-35-46-50(66(39(3)4)40(5)59(46,6)7)37-48(44)65-54(70)33-25-15-13-23-31-52(68)63-42-28-20-17-21-29-42/h34-42H,12-33H2,1-11H3,(H,62,67)(H,63,68)(H,64,69)(H,65,70)/b55-43-,61-49?. The highest BCUT2D eigenvalue weighted by Gasteiger charge is 2.46. The second kappa shape index (κ2) is 26.2. The topological polar surface area (TPSA) is 158 Å². The third kappa shape index (κ3) is 14.6. The van der Waals surface area contributed by atoms with Crippen molar-refractivity contribution in [2.45, 2.75) is 244 Å². The number of ether oxygens (including phenoxy) is 1. The van der Waals surface area contributed by atoms with E-state index in [1.165, 1.54) is 38.5 Å². The first-order valence-electron chi connectivity index (χ1n) is 28.1. The first-order valence-corrected chi connectivity index (χ1v) is 29.3. The van der Waals surface area contributed by atoms with Crippen molar-refractivity contribution >= 4 is 63.8 Å². The Morgan fingerprint density at radius 2 is 1.25 bits per heavy atom. The molecule has 73 heavy (non-hydrogen) atoms. The minimum Gasteiger partial charge on any atom is -0.495 e. The van der Waals surface area contributed by atoms with Gasteiger partial charge in [-0.1, -0.05) is 78.1 Å². The van der Waals surface area contributed by atoms with Crippen LogP contribution in [0.25, 0.3) is 5.57 Å². The van der Waals surface area contributed by atoms with Gasteiger partial charge in [0.1, 0.15) is 5.76 Å². The van der Waals surface area contributed by atoms with E-state index in [1.54, 1.807) is 18.9 Å². The van der Waals surface area contributed by atoms with Gasteiger partial charge in [0.2, 0.25) is 29.4 Å². The molecule has 1 aromatic rings. The van der Waals surface area contributed by atoms with Crippen molar-refractivity contribution in [3.63, 3.8) is 0 Å². The lowest BCUT2D eigenvalue weighted by molar-refractivity contribution is -0.123. The molecule has 1 aromatic carbocycles. The van der Waals surface area contributed by atoms with E-state index in [1.807, 2.05) is 32.1 Å². The predicted octanol–water partition coefficient (Wildman–Crippen LogP) is 12.3. The van der Waals surface area contributed by atoms with E-state index in [0.29, 0.717) is 90.0 Å². The Balaban J connectivity index is 1.25. The van der Waals surface area contributed by atoms with Gasteiger partial charge in [-0.3, -0.25) is 29.0 Å². The molecule has 1 atom stereocenters. The number of carbonyl (C=O) groups excluding carboxylic acids is 5. The highest BCUT2D eigenvalue weighted by atomic mass is 32.2. The van der Waals surface area contributed by atoms with Crippen LogP contribution in [0.4, 0.5) is 11.4 Å². The quantitative estimate of drug-likeness (QED) is 0.0589. The smallest absolute Gasteiger partial charge is 0.224 e. The molecule has 0 saturated heterocycles. The first-order chi connectivity index (χ1) is 34.8. The van der Waals surface area contributed by atoms with Gasteiger partial charge in [0.05, 0.1) is 35.4 Å². The van der Waals surface area contributed by atoms with Crippen LogP contribution < -0.4 is 26.2 Å². The van der Waals surface area contributed by atoms with Crippen molar-refractivity contribution in [3.05, 3.63) is 63.6 Å². The zero-order valence-electron chi connectivity index (χ0n) is 46.5. The van der Waals surface area contributed by atoms with Crippen LogP contribution in [0.2, 0.25) is 0 Å². The molecule has 4 amide bonds. The molecule has 4 aliphatic carbocycles. The van der Waals surface area contributed by atoms with Crippen LogP contribution in [-0.2, 0) is 34.1 Å². The molecular weight excluding hydrogens is 933 g/mol. The number of fused-ring (bicyclic) bond motifs is 1. The molecular formula is C60H90N6O6S. The molecule has 13 heteroatoms. The molecule has 0 radical (unpaired) electrons. The normalized spacial score (nSPS) is 21.0. The Morgan fingerprint density at radius 1 is 0.740 bits per heavy atom. The average Bonchev–Trinajstić information content (AvgIpc) is 3.53. The summed E-state index contributed by atoms with van der Waals surface area (Å²) in [5.41, 5.74) is 6.55. The summed E-state index contributed by atoms with van der Waals surface area (Å²) in [6.07, 6.45) is 25.5. The van der Waals surface area contributed by atoms with Gasteiger partial charge in [-0.2, -0.15) is 11.8 Å². The minimum absolute atomic E-state index is 0.0227. The number of nitrogens with one attached hydrogen (secondary N) is 4. The summed E-state index contributed by atoms with van der Waals surface area (Å²) in [5, 5.41) is 12.9. The number of ketones is 1. The number of hydrogen-bond acceptors (Lipinski definition) is 9. The van der Waals surface area contributed by atoms with E-state index in [0.717, 1.165) is 86.7 Å². The summed E-state index contributed by atoms with van der Waals surface area (Å²) < 4.78 is 5.84. The van der Waals surface area contributed by atoms with Crippen molar-refractivity contribution in [3.8, 4) is 0 Å². The number of methoxy groups -OCH3 is 1. The highest BCUT2D eigenvalue weighted by molar-refractivity contribution is 8.00.